The summed E-state index contributed by atoms with van der Waals surface area (Å²) in [7, 11) is 0. The molecule has 0 spiro atoms. The molecule has 23 heavy (non-hydrogen) atoms. The van der Waals surface area contributed by atoms with Gasteiger partial charge in [0.2, 0.25) is 0 Å². The van der Waals surface area contributed by atoms with E-state index in [-0.39, 0.29) is 24.2 Å². The highest BCUT2D eigenvalue weighted by molar-refractivity contribution is 6.30. The van der Waals surface area contributed by atoms with E-state index in [0.29, 0.717) is 10.7 Å². The first-order chi connectivity index (χ1) is 11.0. The fourth-order valence-corrected chi connectivity index (χ4v) is 2.29. The molecule has 0 bridgehead atoms. The van der Waals surface area contributed by atoms with E-state index in [4.69, 9.17) is 11.6 Å². The smallest absolute Gasteiger partial charge is 0.279 e. The minimum Gasteiger partial charge on any atom is -0.333 e. The molecule has 0 aromatic heterocycles. The molecule has 0 radical (unpaired) electrons. The number of anilines is 1. The van der Waals surface area contributed by atoms with Gasteiger partial charge in [0.05, 0.1) is 4.92 Å². The maximum absolute atomic E-state index is 11.9. The molecule has 7 heteroatoms. The first-order valence-electron chi connectivity index (χ1n) is 7.09. The van der Waals surface area contributed by atoms with Gasteiger partial charge in [0.25, 0.3) is 11.6 Å². The summed E-state index contributed by atoms with van der Waals surface area (Å²) in [6, 6.07) is 13.3. The van der Waals surface area contributed by atoms with Crippen LogP contribution in [-0.4, -0.2) is 17.4 Å². The van der Waals surface area contributed by atoms with E-state index in [1.165, 1.54) is 24.3 Å². The molecule has 2 aromatic carbocycles. The zero-order valence-corrected chi connectivity index (χ0v) is 13.3. The summed E-state index contributed by atoms with van der Waals surface area (Å²) in [5.41, 5.74) is 1.56. The second kappa shape index (κ2) is 7.71. The van der Waals surface area contributed by atoms with Crippen LogP contribution in [0.4, 0.5) is 11.4 Å². The summed E-state index contributed by atoms with van der Waals surface area (Å²) in [5.74, 6) is -0.173. The van der Waals surface area contributed by atoms with Crippen LogP contribution in [0.2, 0.25) is 5.02 Å². The van der Waals surface area contributed by atoms with Gasteiger partial charge in [-0.2, -0.15) is 0 Å². The van der Waals surface area contributed by atoms with Crippen LogP contribution in [0.1, 0.15) is 18.5 Å². The molecule has 120 valence electrons. The van der Waals surface area contributed by atoms with E-state index in [1.807, 2.05) is 30.4 Å². The Bertz CT molecular complexity index is 704. The quantitative estimate of drug-likeness (QED) is 0.628. The monoisotopic (exact) mass is 334 g/mol. The third-order valence-electron chi connectivity index (χ3n) is 3.39. The number of nitrogens with zero attached hydrogens (tertiary/aromatic N) is 1. The normalized spacial score (nSPS) is 11.7. The molecule has 0 aliphatic rings. The molecule has 6 nitrogen and oxygen atoms in total. The van der Waals surface area contributed by atoms with Gasteiger partial charge in [-0.05, 0) is 31.2 Å². The molecule has 0 heterocycles. The van der Waals surface area contributed by atoms with Gasteiger partial charge >= 0.3 is 0 Å². The van der Waals surface area contributed by atoms with Gasteiger partial charge in [0, 0.05) is 28.4 Å². The summed E-state index contributed by atoms with van der Waals surface area (Å²) in [4.78, 5) is 22.0. The predicted molar refractivity (Wildman–Crippen MR) is 88.4 cm³/mol. The van der Waals surface area contributed by atoms with Crippen LogP contribution in [0.5, 0.6) is 0 Å². The second-order valence-corrected chi connectivity index (χ2v) is 5.57. The lowest BCUT2D eigenvalue weighted by Gasteiger charge is -2.11. The molecule has 0 aliphatic carbocycles. The molecule has 3 N–H and O–H groups in total. The standard InChI is InChI=1S/C16H16ClN3O3/c1-11(12-3-2-4-13(17)9-12)18-10-16(21)19-14-5-7-15(8-6-14)20(22)23/h2-9,11,18H,10H2,1H3,(H,19,21)/p+1/t11-/m0/s1. The first kappa shape index (κ1) is 16.9. The topological polar surface area (TPSA) is 88.8 Å². The summed E-state index contributed by atoms with van der Waals surface area (Å²) in [6.45, 7) is 2.23. The largest absolute Gasteiger partial charge is 0.333 e. The Hall–Kier alpha value is -2.44. The lowest BCUT2D eigenvalue weighted by atomic mass is 10.1. The highest BCUT2D eigenvalue weighted by Crippen LogP contribution is 2.16. The number of rotatable bonds is 6. The minimum atomic E-state index is -0.480. The number of nitrogens with two attached hydrogens (primary N) is 1. The molecule has 1 amide bonds. The highest BCUT2D eigenvalue weighted by Gasteiger charge is 2.12. The van der Waals surface area contributed by atoms with Crippen molar-refractivity contribution in [3.8, 4) is 0 Å². The number of nitro groups is 1. The van der Waals surface area contributed by atoms with E-state index in [2.05, 4.69) is 5.32 Å². The van der Waals surface area contributed by atoms with Crippen LogP contribution in [-0.2, 0) is 4.79 Å². The number of quaternary nitrogens is 1. The lowest BCUT2D eigenvalue weighted by molar-refractivity contribution is -0.682. The third kappa shape index (κ3) is 5.05. The van der Waals surface area contributed by atoms with Gasteiger partial charge in [-0.25, -0.2) is 0 Å². The van der Waals surface area contributed by atoms with Crippen molar-refractivity contribution < 1.29 is 15.0 Å². The van der Waals surface area contributed by atoms with Crippen molar-refractivity contribution in [1.29, 1.82) is 0 Å². The second-order valence-electron chi connectivity index (χ2n) is 5.14. The van der Waals surface area contributed by atoms with Gasteiger partial charge in [-0.1, -0.05) is 23.7 Å². The molecular weight excluding hydrogens is 318 g/mol. The van der Waals surface area contributed by atoms with Crippen molar-refractivity contribution >= 4 is 28.9 Å². The zero-order chi connectivity index (χ0) is 16.8. The Morgan fingerprint density at radius 3 is 2.61 bits per heavy atom. The average Bonchev–Trinajstić information content (AvgIpc) is 2.53. The van der Waals surface area contributed by atoms with Gasteiger partial charge in [-0.3, -0.25) is 14.9 Å². The molecule has 2 rings (SSSR count). The van der Waals surface area contributed by atoms with E-state index in [1.54, 1.807) is 6.07 Å². The first-order valence-corrected chi connectivity index (χ1v) is 7.46. The summed E-state index contributed by atoms with van der Waals surface area (Å²) in [6.07, 6.45) is 0. The van der Waals surface area contributed by atoms with Crippen molar-refractivity contribution in [3.05, 3.63) is 69.2 Å². The van der Waals surface area contributed by atoms with Gasteiger partial charge in [0.15, 0.2) is 6.54 Å². The van der Waals surface area contributed by atoms with Gasteiger partial charge in [0.1, 0.15) is 6.04 Å². The minimum absolute atomic E-state index is 0.0101. The van der Waals surface area contributed by atoms with E-state index < -0.39 is 4.92 Å². The zero-order valence-electron chi connectivity index (χ0n) is 12.5. The van der Waals surface area contributed by atoms with E-state index in [9.17, 15) is 14.9 Å². The van der Waals surface area contributed by atoms with Crippen LogP contribution >= 0.6 is 11.6 Å². The Morgan fingerprint density at radius 1 is 1.30 bits per heavy atom. The third-order valence-corrected chi connectivity index (χ3v) is 3.63. The highest BCUT2D eigenvalue weighted by atomic mass is 35.5. The van der Waals surface area contributed by atoms with Crippen LogP contribution in [0.15, 0.2) is 48.5 Å². The number of benzene rings is 2. The number of nitro benzene ring substituents is 1. The number of carbonyl (C=O) groups excluding carboxylic acids is 1. The molecule has 0 saturated heterocycles. The SMILES string of the molecule is C[C@H]([NH2+]CC(=O)Nc1ccc([N+](=O)[O-])cc1)c1cccc(Cl)c1. The number of hydrogen-bond acceptors (Lipinski definition) is 3. The van der Waals surface area contributed by atoms with Crippen molar-refractivity contribution in [2.24, 2.45) is 0 Å². The van der Waals surface area contributed by atoms with Crippen molar-refractivity contribution in [2.75, 3.05) is 11.9 Å². The van der Waals surface area contributed by atoms with Crippen molar-refractivity contribution in [1.82, 2.24) is 0 Å². The maximum Gasteiger partial charge on any atom is 0.279 e. The number of halogens is 1. The van der Waals surface area contributed by atoms with Gasteiger partial charge in [-0.15, -0.1) is 0 Å². The molecule has 0 unspecified atom stereocenters. The van der Waals surface area contributed by atoms with E-state index >= 15 is 0 Å². The number of hydrogen-bond donors (Lipinski definition) is 2. The number of non-ortho nitro benzene ring substituents is 1. The fourth-order valence-electron chi connectivity index (χ4n) is 2.09. The molecular formula is C16H17ClN3O3+. The van der Waals surface area contributed by atoms with Crippen LogP contribution in [0.3, 0.4) is 0 Å². The molecule has 2 aromatic rings. The number of nitrogens with one attached hydrogen (secondary N) is 1. The van der Waals surface area contributed by atoms with Gasteiger partial charge < -0.3 is 10.6 Å². The van der Waals surface area contributed by atoms with Crippen molar-refractivity contribution in [2.45, 2.75) is 13.0 Å². The molecule has 1 atom stereocenters. The Kier molecular flexibility index (Phi) is 5.67. The average molecular weight is 335 g/mol. The maximum atomic E-state index is 11.9. The Labute approximate surface area is 138 Å². The lowest BCUT2D eigenvalue weighted by Crippen LogP contribution is -2.86. The van der Waals surface area contributed by atoms with Crippen LogP contribution in [0.25, 0.3) is 0 Å². The molecule has 0 saturated carbocycles. The molecule has 0 aliphatic heterocycles. The van der Waals surface area contributed by atoms with Crippen LogP contribution < -0.4 is 10.6 Å². The molecule has 0 fully saturated rings. The Balaban J connectivity index is 1.86. The number of carbonyl (C=O) groups is 1. The fraction of sp³-hybridized carbons (Fsp3) is 0.188. The van der Waals surface area contributed by atoms with Crippen LogP contribution in [0, 0.1) is 10.1 Å². The van der Waals surface area contributed by atoms with Crippen molar-refractivity contribution in [3.63, 3.8) is 0 Å². The summed E-state index contributed by atoms with van der Waals surface area (Å²) in [5, 5.41) is 15.8. The predicted octanol–water partition coefficient (Wildman–Crippen LogP) is 2.51. The van der Waals surface area contributed by atoms with E-state index in [0.717, 1.165) is 5.56 Å². The summed E-state index contributed by atoms with van der Waals surface area (Å²) >= 11 is 5.95. The Morgan fingerprint density at radius 2 is 2.00 bits per heavy atom. The summed E-state index contributed by atoms with van der Waals surface area (Å²) < 4.78 is 0. The number of amides is 1.